The van der Waals surface area contributed by atoms with Crippen molar-refractivity contribution in [1.82, 2.24) is 5.16 Å². The molecule has 0 bridgehead atoms. The van der Waals surface area contributed by atoms with E-state index in [9.17, 15) is 26.4 Å². The van der Waals surface area contributed by atoms with Crippen LogP contribution in [-0.4, -0.2) is 19.5 Å². The molecule has 0 aliphatic heterocycles. The summed E-state index contributed by atoms with van der Waals surface area (Å²) in [6.07, 6.45) is -0.964. The number of amides is 1. The molecular weight excluding hydrogens is 459 g/mol. The number of alkyl halides is 3. The second-order valence-corrected chi connectivity index (χ2v) is 8.67. The number of rotatable bonds is 7. The van der Waals surface area contributed by atoms with Gasteiger partial charge in [-0.2, -0.15) is 13.2 Å². The van der Waals surface area contributed by atoms with E-state index in [0.29, 0.717) is 29.1 Å². The monoisotopic (exact) mass is 479 g/mol. The summed E-state index contributed by atoms with van der Waals surface area (Å²) in [5.74, 6) is 0.154. The van der Waals surface area contributed by atoms with E-state index in [4.69, 9.17) is 4.52 Å². The van der Waals surface area contributed by atoms with Crippen LogP contribution in [0.1, 0.15) is 35.9 Å². The largest absolute Gasteiger partial charge is 0.416 e. The van der Waals surface area contributed by atoms with E-state index in [-0.39, 0.29) is 16.5 Å². The average molecular weight is 479 g/mol. The molecule has 0 saturated carbocycles. The fourth-order valence-electron chi connectivity index (χ4n) is 2.75. The van der Waals surface area contributed by atoms with E-state index < -0.39 is 21.8 Å². The Morgan fingerprint density at radius 3 is 2.27 bits per heavy atom. The average Bonchev–Trinajstić information content (AvgIpc) is 3.11. The summed E-state index contributed by atoms with van der Waals surface area (Å²) in [6, 6.07) is 9.51. The highest BCUT2D eigenvalue weighted by Gasteiger charge is 2.30. The van der Waals surface area contributed by atoms with E-state index in [1.165, 1.54) is 12.1 Å². The van der Waals surface area contributed by atoms with Gasteiger partial charge in [-0.05, 0) is 55.0 Å². The van der Waals surface area contributed by atoms with Gasteiger partial charge in [0, 0.05) is 12.1 Å². The normalized spacial score (nSPS) is 12.2. The van der Waals surface area contributed by atoms with Gasteiger partial charge >= 0.3 is 6.18 Å². The molecule has 3 aromatic rings. The van der Waals surface area contributed by atoms with Crippen molar-refractivity contribution >= 4 is 39.5 Å². The van der Waals surface area contributed by atoms with Crippen molar-refractivity contribution in [3.05, 3.63) is 71.1 Å². The highest BCUT2D eigenvalue weighted by molar-refractivity contribution is 7.92. The van der Waals surface area contributed by atoms with Crippen molar-refractivity contribution in [2.75, 3.05) is 10.0 Å². The van der Waals surface area contributed by atoms with Gasteiger partial charge in [0.15, 0.2) is 5.76 Å². The minimum atomic E-state index is -4.51. The highest BCUT2D eigenvalue weighted by atomic mass is 32.2. The number of sulfonamides is 1. The molecule has 0 unspecified atom stereocenters. The van der Waals surface area contributed by atoms with Gasteiger partial charge in [0.2, 0.25) is 5.91 Å². The van der Waals surface area contributed by atoms with Crippen LogP contribution in [0.15, 0.2) is 57.9 Å². The van der Waals surface area contributed by atoms with Crippen molar-refractivity contribution < 1.29 is 30.9 Å². The molecule has 1 aromatic heterocycles. The van der Waals surface area contributed by atoms with Crippen molar-refractivity contribution in [3.8, 4) is 0 Å². The molecular formula is C22H20F3N3O4S. The number of aromatic nitrogens is 1. The Balaban J connectivity index is 1.73. The van der Waals surface area contributed by atoms with Gasteiger partial charge in [-0.3, -0.25) is 9.52 Å². The summed E-state index contributed by atoms with van der Waals surface area (Å²) in [7, 11) is -4.00. The van der Waals surface area contributed by atoms with Crippen LogP contribution in [0, 0.1) is 6.92 Å². The number of benzene rings is 2. The molecule has 0 saturated heterocycles. The van der Waals surface area contributed by atoms with Crippen LogP contribution >= 0.6 is 0 Å². The maximum Gasteiger partial charge on any atom is 0.416 e. The third-order valence-corrected chi connectivity index (χ3v) is 5.95. The van der Waals surface area contributed by atoms with Gasteiger partial charge in [-0.25, -0.2) is 8.42 Å². The van der Waals surface area contributed by atoms with Crippen molar-refractivity contribution in [3.63, 3.8) is 0 Å². The second kappa shape index (κ2) is 9.49. The molecule has 0 atom stereocenters. The first-order chi connectivity index (χ1) is 15.5. The number of carbonyl (C=O) groups is 1. The zero-order valence-corrected chi connectivity index (χ0v) is 18.4. The second-order valence-electron chi connectivity index (χ2n) is 6.99. The van der Waals surface area contributed by atoms with Crippen molar-refractivity contribution in [2.24, 2.45) is 0 Å². The smallest absolute Gasteiger partial charge is 0.354 e. The Kier molecular flexibility index (Phi) is 6.92. The fraction of sp³-hybridized carbons (Fsp3) is 0.182. The first-order valence-corrected chi connectivity index (χ1v) is 11.2. The van der Waals surface area contributed by atoms with Crippen LogP contribution in [0.5, 0.6) is 0 Å². The molecule has 0 aliphatic rings. The number of carbonyl (C=O) groups excluding carboxylic acids is 1. The molecule has 11 heteroatoms. The molecule has 33 heavy (non-hydrogen) atoms. The Morgan fingerprint density at radius 2 is 1.70 bits per heavy atom. The number of aryl methyl sites for hydroxylation is 1. The molecule has 0 spiro atoms. The number of halogens is 3. The maximum atomic E-state index is 12.7. The van der Waals surface area contributed by atoms with Gasteiger partial charge in [0.05, 0.1) is 10.5 Å². The molecule has 2 N–H and O–H groups in total. The molecule has 0 aliphatic carbocycles. The Bertz CT molecular complexity index is 1260. The lowest BCUT2D eigenvalue weighted by molar-refractivity contribution is -0.137. The lowest BCUT2D eigenvalue weighted by atomic mass is 10.2. The van der Waals surface area contributed by atoms with Gasteiger partial charge in [0.1, 0.15) is 11.4 Å². The van der Waals surface area contributed by atoms with E-state index in [0.717, 1.165) is 24.3 Å². The van der Waals surface area contributed by atoms with E-state index in [1.54, 1.807) is 38.1 Å². The maximum absolute atomic E-state index is 12.7. The van der Waals surface area contributed by atoms with Gasteiger partial charge in [0.25, 0.3) is 10.0 Å². The summed E-state index contributed by atoms with van der Waals surface area (Å²) in [5, 5.41) is 6.54. The molecule has 1 amide bonds. The van der Waals surface area contributed by atoms with Crippen LogP contribution in [0.4, 0.5) is 24.5 Å². The van der Waals surface area contributed by atoms with Crippen LogP contribution in [0.25, 0.3) is 12.2 Å². The molecule has 0 radical (unpaired) electrons. The number of anilines is 2. The molecule has 174 valence electrons. The lowest BCUT2D eigenvalue weighted by Crippen LogP contribution is -2.13. The summed E-state index contributed by atoms with van der Waals surface area (Å²) in [4.78, 5) is 11.6. The third kappa shape index (κ3) is 6.01. The van der Waals surface area contributed by atoms with E-state index in [2.05, 4.69) is 15.2 Å². The number of hydrogen-bond acceptors (Lipinski definition) is 5. The summed E-state index contributed by atoms with van der Waals surface area (Å²) >= 11 is 0. The van der Waals surface area contributed by atoms with Crippen LogP contribution in [-0.2, 0) is 21.0 Å². The summed E-state index contributed by atoms with van der Waals surface area (Å²) in [5.41, 5.74) is 0.755. The first kappa shape index (κ1) is 24.1. The topological polar surface area (TPSA) is 101 Å². The van der Waals surface area contributed by atoms with Crippen LogP contribution < -0.4 is 10.0 Å². The molecule has 2 aromatic carbocycles. The van der Waals surface area contributed by atoms with Crippen molar-refractivity contribution in [1.29, 1.82) is 0 Å². The molecule has 3 rings (SSSR count). The Hall–Kier alpha value is -3.60. The Morgan fingerprint density at radius 1 is 1.06 bits per heavy atom. The predicted molar refractivity (Wildman–Crippen MR) is 118 cm³/mol. The highest BCUT2D eigenvalue weighted by Crippen LogP contribution is 2.30. The SMILES string of the molecule is CCC(=O)Nc1c(C)noc1/C=C\c1ccc(S(=O)(=O)Nc2ccc(C(F)(F)F)cc2)cc1. The van der Waals surface area contributed by atoms with Crippen molar-refractivity contribution in [2.45, 2.75) is 31.3 Å². The standard InChI is InChI=1S/C22H20F3N3O4S/c1-3-20(29)26-21-14(2)27-32-19(21)13-6-15-4-11-18(12-5-15)33(30,31)28-17-9-7-16(8-10-17)22(23,24)25/h4-13,28H,3H2,1-2H3,(H,26,29)/b13-6-. The minimum Gasteiger partial charge on any atom is -0.354 e. The van der Waals surface area contributed by atoms with Crippen LogP contribution in [0.2, 0.25) is 0 Å². The lowest BCUT2D eigenvalue weighted by Gasteiger charge is -2.10. The molecule has 7 nitrogen and oxygen atoms in total. The molecule has 0 fully saturated rings. The summed E-state index contributed by atoms with van der Waals surface area (Å²) < 4.78 is 70.5. The zero-order chi connectivity index (χ0) is 24.2. The van der Waals surface area contributed by atoms with E-state index in [1.807, 2.05) is 0 Å². The van der Waals surface area contributed by atoms with E-state index >= 15 is 0 Å². The first-order valence-electron chi connectivity index (χ1n) is 9.74. The minimum absolute atomic E-state index is 0.00863. The fourth-order valence-corrected chi connectivity index (χ4v) is 3.81. The number of hydrogen-bond donors (Lipinski definition) is 2. The third-order valence-electron chi connectivity index (χ3n) is 4.56. The van der Waals surface area contributed by atoms with Gasteiger partial charge in [-0.15, -0.1) is 0 Å². The Labute approximate surface area is 188 Å². The van der Waals surface area contributed by atoms with Gasteiger partial charge < -0.3 is 9.84 Å². The van der Waals surface area contributed by atoms with Crippen LogP contribution in [0.3, 0.4) is 0 Å². The van der Waals surface area contributed by atoms with Gasteiger partial charge in [-0.1, -0.05) is 30.3 Å². The summed E-state index contributed by atoms with van der Waals surface area (Å²) in [6.45, 7) is 3.41. The predicted octanol–water partition coefficient (Wildman–Crippen LogP) is 5.32. The zero-order valence-electron chi connectivity index (χ0n) is 17.6. The molecule has 1 heterocycles. The number of nitrogens with one attached hydrogen (secondary N) is 2. The quantitative estimate of drug-likeness (QED) is 0.478. The number of nitrogens with zero attached hydrogens (tertiary/aromatic N) is 1.